The van der Waals surface area contributed by atoms with E-state index in [-0.39, 0.29) is 11.6 Å². The van der Waals surface area contributed by atoms with Gasteiger partial charge in [-0.15, -0.1) is 0 Å². The number of fused-ring (bicyclic) bond motifs is 1. The fourth-order valence-electron chi connectivity index (χ4n) is 3.81. The van der Waals surface area contributed by atoms with E-state index < -0.39 is 0 Å². The van der Waals surface area contributed by atoms with Crippen molar-refractivity contribution in [3.8, 4) is 11.5 Å². The minimum Gasteiger partial charge on any atom is -0.493 e. The van der Waals surface area contributed by atoms with E-state index in [2.05, 4.69) is 59.5 Å². The van der Waals surface area contributed by atoms with Gasteiger partial charge in [0.1, 0.15) is 5.82 Å². The highest BCUT2D eigenvalue weighted by atomic mass is 16.5. The molecule has 1 unspecified atom stereocenters. The van der Waals surface area contributed by atoms with E-state index in [0.29, 0.717) is 34.8 Å². The Hall–Kier alpha value is -3.64. The summed E-state index contributed by atoms with van der Waals surface area (Å²) in [5, 5.41) is 4.03. The number of nitrogens with zero attached hydrogens (tertiary/aromatic N) is 1. The second kappa shape index (κ2) is 9.24. The van der Waals surface area contributed by atoms with Crippen LogP contribution in [0, 0.1) is 13.8 Å². The average Bonchev–Trinajstić information content (AvgIpc) is 2.81. The third-order valence-corrected chi connectivity index (χ3v) is 5.73. The van der Waals surface area contributed by atoms with Gasteiger partial charge in [-0.1, -0.05) is 48.5 Å². The van der Waals surface area contributed by atoms with E-state index in [1.54, 1.807) is 26.4 Å². The zero-order chi connectivity index (χ0) is 22.7. The van der Waals surface area contributed by atoms with Crippen LogP contribution in [-0.4, -0.2) is 24.2 Å². The van der Waals surface area contributed by atoms with Gasteiger partial charge in [-0.3, -0.25) is 10.1 Å². The molecule has 6 nitrogen and oxygen atoms in total. The summed E-state index contributed by atoms with van der Waals surface area (Å²) in [6.07, 6.45) is 0. The van der Waals surface area contributed by atoms with Gasteiger partial charge >= 0.3 is 0 Å². The first-order valence-corrected chi connectivity index (χ1v) is 10.5. The monoisotopic (exact) mass is 429 g/mol. The van der Waals surface area contributed by atoms with Crippen LogP contribution in [0.3, 0.4) is 0 Å². The van der Waals surface area contributed by atoms with Crippen molar-refractivity contribution in [2.75, 3.05) is 14.2 Å². The molecule has 0 amide bonds. The normalized spacial score (nSPS) is 12.0. The predicted molar refractivity (Wildman–Crippen MR) is 127 cm³/mol. The van der Waals surface area contributed by atoms with Gasteiger partial charge in [-0.2, -0.15) is 0 Å². The molecule has 0 saturated heterocycles. The molecule has 0 aliphatic carbocycles. The molecule has 0 bridgehead atoms. The Morgan fingerprint density at radius 2 is 1.62 bits per heavy atom. The lowest BCUT2D eigenvalue weighted by molar-refractivity contribution is 0.355. The molecular formula is C26H27N3O3. The van der Waals surface area contributed by atoms with Crippen molar-refractivity contribution in [2.24, 2.45) is 0 Å². The Balaban J connectivity index is 1.68. The summed E-state index contributed by atoms with van der Waals surface area (Å²) >= 11 is 0. The van der Waals surface area contributed by atoms with Crippen LogP contribution in [-0.2, 0) is 6.54 Å². The van der Waals surface area contributed by atoms with Gasteiger partial charge in [0.05, 0.1) is 37.7 Å². The van der Waals surface area contributed by atoms with Crippen molar-refractivity contribution in [1.29, 1.82) is 0 Å². The highest BCUT2D eigenvalue weighted by molar-refractivity contribution is 5.81. The summed E-state index contributed by atoms with van der Waals surface area (Å²) < 4.78 is 10.7. The first-order valence-electron chi connectivity index (χ1n) is 10.5. The second-order valence-electron chi connectivity index (χ2n) is 7.81. The van der Waals surface area contributed by atoms with Gasteiger partial charge in [0.15, 0.2) is 11.5 Å². The summed E-state index contributed by atoms with van der Waals surface area (Å²) in [6, 6.07) is 20.1. The molecule has 0 aliphatic rings. The standard InChI is InChI=1S/C26H27N3O3/c1-16-10-11-19(12-17(16)2)25(18-8-6-5-7-9-18)27-15-24-28-21-14-23(32-4)22(31-3)13-20(21)26(30)29-24/h5-14,25,27H,15H2,1-4H3,(H,28,29,30). The summed E-state index contributed by atoms with van der Waals surface area (Å²) in [4.78, 5) is 20.3. The van der Waals surface area contributed by atoms with Crippen LogP contribution >= 0.6 is 0 Å². The molecule has 0 radical (unpaired) electrons. The largest absolute Gasteiger partial charge is 0.493 e. The van der Waals surface area contributed by atoms with Gasteiger partial charge in [-0.25, -0.2) is 4.98 Å². The summed E-state index contributed by atoms with van der Waals surface area (Å²) in [7, 11) is 3.10. The van der Waals surface area contributed by atoms with Gasteiger partial charge < -0.3 is 14.5 Å². The third kappa shape index (κ3) is 4.36. The number of ether oxygens (including phenoxy) is 2. The molecule has 4 aromatic rings. The van der Waals surface area contributed by atoms with E-state index >= 15 is 0 Å². The first kappa shape index (κ1) is 21.6. The topological polar surface area (TPSA) is 76.2 Å². The van der Waals surface area contributed by atoms with Crippen molar-refractivity contribution in [3.63, 3.8) is 0 Å². The maximum atomic E-state index is 12.7. The number of hydrogen-bond donors (Lipinski definition) is 2. The maximum Gasteiger partial charge on any atom is 0.258 e. The minimum atomic E-state index is -0.213. The van der Waals surface area contributed by atoms with Crippen LogP contribution in [0.5, 0.6) is 11.5 Å². The molecule has 6 heteroatoms. The van der Waals surface area contributed by atoms with E-state index in [1.165, 1.54) is 11.1 Å². The van der Waals surface area contributed by atoms with E-state index in [1.807, 2.05) is 18.2 Å². The Bertz CT molecular complexity index is 1300. The van der Waals surface area contributed by atoms with Crippen molar-refractivity contribution in [2.45, 2.75) is 26.4 Å². The average molecular weight is 430 g/mol. The molecule has 4 rings (SSSR count). The number of hydrogen-bond acceptors (Lipinski definition) is 5. The molecule has 1 heterocycles. The number of nitrogens with one attached hydrogen (secondary N) is 2. The van der Waals surface area contributed by atoms with E-state index in [0.717, 1.165) is 11.1 Å². The molecule has 32 heavy (non-hydrogen) atoms. The van der Waals surface area contributed by atoms with Crippen molar-refractivity contribution in [3.05, 3.63) is 99.1 Å². The number of aromatic amines is 1. The lowest BCUT2D eigenvalue weighted by Crippen LogP contribution is -2.25. The number of H-pyrrole nitrogens is 1. The fraction of sp³-hybridized carbons (Fsp3) is 0.231. The van der Waals surface area contributed by atoms with Crippen molar-refractivity contribution >= 4 is 10.9 Å². The van der Waals surface area contributed by atoms with Gasteiger partial charge in [0, 0.05) is 6.07 Å². The third-order valence-electron chi connectivity index (χ3n) is 5.73. The van der Waals surface area contributed by atoms with Gasteiger partial charge in [0.25, 0.3) is 5.56 Å². The Morgan fingerprint density at radius 3 is 2.31 bits per heavy atom. The van der Waals surface area contributed by atoms with Crippen LogP contribution in [0.25, 0.3) is 10.9 Å². The molecule has 164 valence electrons. The summed E-state index contributed by atoms with van der Waals surface area (Å²) in [5.41, 5.74) is 5.15. The summed E-state index contributed by atoms with van der Waals surface area (Å²) in [6.45, 7) is 4.62. The Morgan fingerprint density at radius 1 is 0.906 bits per heavy atom. The number of aryl methyl sites for hydroxylation is 2. The number of rotatable bonds is 7. The zero-order valence-corrected chi connectivity index (χ0v) is 18.7. The molecule has 0 spiro atoms. The smallest absolute Gasteiger partial charge is 0.258 e. The molecule has 0 aliphatic heterocycles. The second-order valence-corrected chi connectivity index (χ2v) is 7.81. The lowest BCUT2D eigenvalue weighted by Gasteiger charge is -2.21. The Labute approximate surface area is 187 Å². The van der Waals surface area contributed by atoms with Crippen LogP contribution in [0.1, 0.15) is 34.1 Å². The van der Waals surface area contributed by atoms with Crippen molar-refractivity contribution < 1.29 is 9.47 Å². The number of aromatic nitrogens is 2. The molecule has 3 aromatic carbocycles. The minimum absolute atomic E-state index is 0.0399. The maximum absolute atomic E-state index is 12.7. The number of benzene rings is 3. The summed E-state index contributed by atoms with van der Waals surface area (Å²) in [5.74, 6) is 1.59. The lowest BCUT2D eigenvalue weighted by atomic mass is 9.95. The molecule has 1 atom stereocenters. The highest BCUT2D eigenvalue weighted by Gasteiger charge is 2.16. The predicted octanol–water partition coefficient (Wildman–Crippen LogP) is 4.44. The quantitative estimate of drug-likeness (QED) is 0.454. The van der Waals surface area contributed by atoms with Gasteiger partial charge in [0.2, 0.25) is 0 Å². The Kier molecular flexibility index (Phi) is 6.23. The van der Waals surface area contributed by atoms with Crippen LogP contribution in [0.15, 0.2) is 65.5 Å². The molecule has 0 fully saturated rings. The zero-order valence-electron chi connectivity index (χ0n) is 18.7. The van der Waals surface area contributed by atoms with Crippen LogP contribution < -0.4 is 20.3 Å². The molecular weight excluding hydrogens is 402 g/mol. The molecule has 2 N–H and O–H groups in total. The SMILES string of the molecule is COc1cc2nc(CNC(c3ccccc3)c3ccc(C)c(C)c3)[nH]c(=O)c2cc1OC. The molecule has 1 aromatic heterocycles. The van der Waals surface area contributed by atoms with Crippen molar-refractivity contribution in [1.82, 2.24) is 15.3 Å². The van der Waals surface area contributed by atoms with E-state index in [9.17, 15) is 4.79 Å². The van der Waals surface area contributed by atoms with Crippen LogP contribution in [0.4, 0.5) is 0 Å². The highest BCUT2D eigenvalue weighted by Crippen LogP contribution is 2.30. The fourth-order valence-corrected chi connectivity index (χ4v) is 3.81. The number of methoxy groups -OCH3 is 2. The van der Waals surface area contributed by atoms with Crippen LogP contribution in [0.2, 0.25) is 0 Å². The first-order chi connectivity index (χ1) is 15.5. The molecule has 0 saturated carbocycles. The van der Waals surface area contributed by atoms with Gasteiger partial charge in [-0.05, 0) is 42.2 Å². The van der Waals surface area contributed by atoms with E-state index in [4.69, 9.17) is 9.47 Å².